The predicted molar refractivity (Wildman–Crippen MR) is 110 cm³/mol. The maximum Gasteiger partial charge on any atom is 0.255 e. The highest BCUT2D eigenvalue weighted by atomic mass is 35.5. The van der Waals surface area contributed by atoms with E-state index in [1.165, 1.54) is 0 Å². The quantitative estimate of drug-likeness (QED) is 0.686. The van der Waals surface area contributed by atoms with Gasteiger partial charge in [0.2, 0.25) is 0 Å². The zero-order valence-electron chi connectivity index (χ0n) is 14.8. The summed E-state index contributed by atoms with van der Waals surface area (Å²) >= 11 is 11.3. The van der Waals surface area contributed by atoms with Crippen molar-refractivity contribution < 1.29 is 4.79 Å². The minimum Gasteiger partial charge on any atom is -0.351 e. The SMILES string of the molecule is CC1=C(C(=O)Nc2cc(C)ccc2C)C(c2ccc(Cl)cc2)NC(=S)N1. The van der Waals surface area contributed by atoms with Gasteiger partial charge in [0.25, 0.3) is 5.91 Å². The Labute approximate surface area is 163 Å². The molecule has 0 saturated carbocycles. The van der Waals surface area contributed by atoms with Crippen LogP contribution in [0.15, 0.2) is 53.7 Å². The minimum absolute atomic E-state index is 0.168. The second-order valence-electron chi connectivity index (χ2n) is 6.39. The lowest BCUT2D eigenvalue weighted by Gasteiger charge is -2.30. The first kappa shape index (κ1) is 18.4. The van der Waals surface area contributed by atoms with E-state index in [2.05, 4.69) is 16.0 Å². The van der Waals surface area contributed by atoms with E-state index in [9.17, 15) is 4.79 Å². The Morgan fingerprint density at radius 1 is 1.12 bits per heavy atom. The van der Waals surface area contributed by atoms with Crippen LogP contribution in [0, 0.1) is 13.8 Å². The topological polar surface area (TPSA) is 53.2 Å². The van der Waals surface area contributed by atoms with Crippen LogP contribution in [-0.2, 0) is 4.79 Å². The fourth-order valence-electron chi connectivity index (χ4n) is 2.96. The number of hydrogen-bond acceptors (Lipinski definition) is 2. The standard InChI is InChI=1S/C20H20ClN3OS/c1-11-4-5-12(2)16(10-11)23-19(25)17-13(3)22-20(26)24-18(17)14-6-8-15(21)9-7-14/h4-10,18H,1-3H3,(H,23,25)(H2,22,24,26). The first-order chi connectivity index (χ1) is 12.3. The van der Waals surface area contributed by atoms with Gasteiger partial charge < -0.3 is 16.0 Å². The summed E-state index contributed by atoms with van der Waals surface area (Å²) < 4.78 is 0. The number of nitrogens with one attached hydrogen (secondary N) is 3. The van der Waals surface area contributed by atoms with Crippen LogP contribution in [-0.4, -0.2) is 11.0 Å². The number of hydrogen-bond donors (Lipinski definition) is 3. The average Bonchev–Trinajstić information content (AvgIpc) is 2.58. The third kappa shape index (κ3) is 3.89. The predicted octanol–water partition coefficient (Wildman–Crippen LogP) is 4.39. The Bertz CT molecular complexity index is 906. The van der Waals surface area contributed by atoms with Crippen molar-refractivity contribution in [3.63, 3.8) is 0 Å². The molecule has 4 nitrogen and oxygen atoms in total. The number of thiocarbonyl (C=S) groups is 1. The molecular weight excluding hydrogens is 366 g/mol. The molecule has 0 radical (unpaired) electrons. The summed E-state index contributed by atoms with van der Waals surface area (Å²) in [5.74, 6) is -0.168. The summed E-state index contributed by atoms with van der Waals surface area (Å²) in [6, 6.07) is 13.0. The van der Waals surface area contributed by atoms with Gasteiger partial charge in [0.05, 0.1) is 11.6 Å². The van der Waals surface area contributed by atoms with Crippen molar-refractivity contribution in [2.45, 2.75) is 26.8 Å². The van der Waals surface area contributed by atoms with Crippen LogP contribution in [0.5, 0.6) is 0 Å². The van der Waals surface area contributed by atoms with E-state index in [4.69, 9.17) is 23.8 Å². The number of benzene rings is 2. The Morgan fingerprint density at radius 2 is 1.81 bits per heavy atom. The van der Waals surface area contributed by atoms with Gasteiger partial charge in [0.15, 0.2) is 5.11 Å². The van der Waals surface area contributed by atoms with E-state index < -0.39 is 0 Å². The normalized spacial score (nSPS) is 16.8. The first-order valence-corrected chi connectivity index (χ1v) is 9.06. The van der Waals surface area contributed by atoms with Gasteiger partial charge >= 0.3 is 0 Å². The van der Waals surface area contributed by atoms with Crippen LogP contribution in [0.1, 0.15) is 29.7 Å². The lowest BCUT2D eigenvalue weighted by atomic mass is 9.95. The summed E-state index contributed by atoms with van der Waals surface area (Å²) in [7, 11) is 0. The van der Waals surface area contributed by atoms with Crippen molar-refractivity contribution in [3.8, 4) is 0 Å². The minimum atomic E-state index is -0.342. The van der Waals surface area contributed by atoms with E-state index in [1.807, 2.05) is 51.1 Å². The van der Waals surface area contributed by atoms with Gasteiger partial charge in [-0.25, -0.2) is 0 Å². The molecule has 0 aromatic heterocycles. The van der Waals surface area contributed by atoms with Crippen LogP contribution in [0.2, 0.25) is 5.02 Å². The van der Waals surface area contributed by atoms with Crippen LogP contribution in [0.3, 0.4) is 0 Å². The summed E-state index contributed by atoms with van der Waals surface area (Å²) in [5, 5.41) is 10.4. The number of halogens is 1. The fourth-order valence-corrected chi connectivity index (χ4v) is 3.36. The second-order valence-corrected chi connectivity index (χ2v) is 7.24. The molecule has 3 N–H and O–H groups in total. The highest BCUT2D eigenvalue weighted by Crippen LogP contribution is 2.29. The summed E-state index contributed by atoms with van der Waals surface area (Å²) in [4.78, 5) is 13.1. The van der Waals surface area contributed by atoms with Crippen molar-refractivity contribution in [2.75, 3.05) is 5.32 Å². The molecule has 134 valence electrons. The van der Waals surface area contributed by atoms with E-state index in [0.29, 0.717) is 15.7 Å². The number of aryl methyl sites for hydroxylation is 2. The van der Waals surface area contributed by atoms with Crippen molar-refractivity contribution in [1.82, 2.24) is 10.6 Å². The summed E-state index contributed by atoms with van der Waals surface area (Å²) in [5.41, 5.74) is 5.16. The molecule has 0 aliphatic carbocycles. The molecule has 1 amide bonds. The summed E-state index contributed by atoms with van der Waals surface area (Å²) in [6.45, 7) is 5.83. The van der Waals surface area contributed by atoms with Gasteiger partial charge in [-0.2, -0.15) is 0 Å². The molecular formula is C20H20ClN3OS. The molecule has 26 heavy (non-hydrogen) atoms. The molecule has 2 aromatic carbocycles. The lowest BCUT2D eigenvalue weighted by Crippen LogP contribution is -2.45. The smallest absolute Gasteiger partial charge is 0.255 e. The van der Waals surface area contributed by atoms with Gasteiger partial charge in [0.1, 0.15) is 0 Å². The van der Waals surface area contributed by atoms with Gasteiger partial charge in [-0.05, 0) is 67.9 Å². The van der Waals surface area contributed by atoms with Gasteiger partial charge in [-0.1, -0.05) is 35.9 Å². The number of carbonyl (C=O) groups excluding carboxylic acids is 1. The van der Waals surface area contributed by atoms with Crippen molar-refractivity contribution in [1.29, 1.82) is 0 Å². The number of anilines is 1. The molecule has 1 aliphatic heterocycles. The molecule has 6 heteroatoms. The lowest BCUT2D eigenvalue weighted by molar-refractivity contribution is -0.113. The Morgan fingerprint density at radius 3 is 2.50 bits per heavy atom. The molecule has 1 atom stereocenters. The molecule has 1 aliphatic rings. The fraction of sp³-hybridized carbons (Fsp3) is 0.200. The third-order valence-electron chi connectivity index (χ3n) is 4.36. The monoisotopic (exact) mass is 385 g/mol. The molecule has 3 rings (SSSR count). The largest absolute Gasteiger partial charge is 0.351 e. The zero-order valence-corrected chi connectivity index (χ0v) is 16.4. The van der Waals surface area contributed by atoms with E-state index >= 15 is 0 Å². The first-order valence-electron chi connectivity index (χ1n) is 8.27. The molecule has 0 bridgehead atoms. The molecule has 0 saturated heterocycles. The molecule has 1 unspecified atom stereocenters. The molecule has 0 spiro atoms. The van der Waals surface area contributed by atoms with Crippen molar-refractivity contribution in [3.05, 3.63) is 75.4 Å². The van der Waals surface area contributed by atoms with Gasteiger partial charge in [-0.15, -0.1) is 0 Å². The van der Waals surface area contributed by atoms with Crippen LogP contribution >= 0.6 is 23.8 Å². The summed E-state index contributed by atoms with van der Waals surface area (Å²) in [6.07, 6.45) is 0. The second kappa shape index (κ2) is 7.48. The number of carbonyl (C=O) groups is 1. The maximum absolute atomic E-state index is 13.1. The Kier molecular flexibility index (Phi) is 5.30. The van der Waals surface area contributed by atoms with Crippen molar-refractivity contribution in [2.24, 2.45) is 0 Å². The average molecular weight is 386 g/mol. The van der Waals surface area contributed by atoms with Crippen molar-refractivity contribution >= 4 is 40.5 Å². The van der Waals surface area contributed by atoms with E-state index in [1.54, 1.807) is 12.1 Å². The number of rotatable bonds is 3. The zero-order chi connectivity index (χ0) is 18.8. The van der Waals surface area contributed by atoms with Gasteiger partial charge in [-0.3, -0.25) is 4.79 Å². The van der Waals surface area contributed by atoms with Crippen LogP contribution in [0.4, 0.5) is 5.69 Å². The van der Waals surface area contributed by atoms with E-state index in [0.717, 1.165) is 28.1 Å². The molecule has 0 fully saturated rings. The van der Waals surface area contributed by atoms with Crippen LogP contribution in [0.25, 0.3) is 0 Å². The number of allylic oxidation sites excluding steroid dienone is 1. The Balaban J connectivity index is 1.96. The Hall–Kier alpha value is -2.37. The molecule has 2 aromatic rings. The van der Waals surface area contributed by atoms with Crippen LogP contribution < -0.4 is 16.0 Å². The molecule has 1 heterocycles. The maximum atomic E-state index is 13.1. The highest BCUT2D eigenvalue weighted by Gasteiger charge is 2.30. The third-order valence-corrected chi connectivity index (χ3v) is 4.83. The highest BCUT2D eigenvalue weighted by molar-refractivity contribution is 7.80. The number of amides is 1. The van der Waals surface area contributed by atoms with Gasteiger partial charge in [0, 0.05) is 16.4 Å². The van der Waals surface area contributed by atoms with E-state index in [-0.39, 0.29) is 11.9 Å².